The molecule has 2 aliphatic rings. The lowest BCUT2D eigenvalue weighted by atomic mass is 9.57. The molecule has 1 saturated heterocycles. The van der Waals surface area contributed by atoms with Crippen LogP contribution in [0.25, 0.3) is 0 Å². The molecule has 1 heterocycles. The van der Waals surface area contributed by atoms with E-state index in [1.165, 1.54) is 0 Å². The minimum Gasteiger partial charge on any atom is -0.495 e. The summed E-state index contributed by atoms with van der Waals surface area (Å²) in [5.74, 6) is 0.215. The molecule has 0 bridgehead atoms. The van der Waals surface area contributed by atoms with E-state index in [1.54, 1.807) is 25.3 Å². The molecule has 3 rings (SSSR count). The van der Waals surface area contributed by atoms with E-state index in [0.717, 1.165) is 18.7 Å². The maximum Gasteiger partial charge on any atom is 0.335 e. The zero-order valence-electron chi connectivity index (χ0n) is 12.6. The highest BCUT2D eigenvalue weighted by molar-refractivity contribution is 5.89. The van der Waals surface area contributed by atoms with Crippen LogP contribution in [0.4, 0.5) is 5.69 Å². The second-order valence-corrected chi connectivity index (χ2v) is 6.41. The summed E-state index contributed by atoms with van der Waals surface area (Å²) in [7, 11) is 1.59. The van der Waals surface area contributed by atoms with Crippen LogP contribution in [0.3, 0.4) is 0 Å². The quantitative estimate of drug-likeness (QED) is 0.892. The number of fused-ring (bicyclic) bond motifs is 1. The van der Waals surface area contributed by atoms with E-state index in [1.807, 2.05) is 0 Å². The molecule has 114 valence electrons. The molecule has 1 aromatic carbocycles. The number of ether oxygens (including phenoxy) is 2. The molecule has 5 heteroatoms. The van der Waals surface area contributed by atoms with Gasteiger partial charge in [0.2, 0.25) is 0 Å². The minimum atomic E-state index is -0.935. The summed E-state index contributed by atoms with van der Waals surface area (Å²) in [6.07, 6.45) is 1.34. The molecule has 0 spiro atoms. The topological polar surface area (TPSA) is 67.8 Å². The van der Waals surface area contributed by atoms with Crippen LogP contribution in [0.15, 0.2) is 18.2 Å². The summed E-state index contributed by atoms with van der Waals surface area (Å²) < 4.78 is 11.1. The maximum absolute atomic E-state index is 11.1. The second-order valence-electron chi connectivity index (χ2n) is 6.41. The van der Waals surface area contributed by atoms with Crippen molar-refractivity contribution in [1.82, 2.24) is 0 Å². The Morgan fingerprint density at radius 3 is 2.90 bits per heavy atom. The number of anilines is 1. The average Bonchev–Trinajstić information content (AvgIpc) is 2.91. The predicted octanol–water partition coefficient (Wildman–Crippen LogP) is 2.62. The highest BCUT2D eigenvalue weighted by Gasteiger charge is 2.59. The fourth-order valence-electron chi connectivity index (χ4n) is 3.74. The number of rotatable bonds is 4. The van der Waals surface area contributed by atoms with Crippen molar-refractivity contribution < 1.29 is 19.4 Å². The predicted molar refractivity (Wildman–Crippen MR) is 79.0 cm³/mol. The number of hydrogen-bond acceptors (Lipinski definition) is 4. The zero-order valence-corrected chi connectivity index (χ0v) is 12.6. The van der Waals surface area contributed by atoms with Gasteiger partial charge >= 0.3 is 5.97 Å². The summed E-state index contributed by atoms with van der Waals surface area (Å²) in [4.78, 5) is 11.1. The number of carboxylic acids is 1. The van der Waals surface area contributed by atoms with Gasteiger partial charge in [-0.3, -0.25) is 0 Å². The molecule has 3 atom stereocenters. The summed E-state index contributed by atoms with van der Waals surface area (Å²) in [5, 5.41) is 12.6. The van der Waals surface area contributed by atoms with Gasteiger partial charge < -0.3 is 19.9 Å². The molecular formula is C16H21NO4. The molecule has 21 heavy (non-hydrogen) atoms. The number of carboxylic acid groups (broad SMARTS) is 1. The number of nitrogens with one attached hydrogen (secondary N) is 1. The van der Waals surface area contributed by atoms with E-state index in [0.29, 0.717) is 17.8 Å². The van der Waals surface area contributed by atoms with Crippen molar-refractivity contribution in [3.63, 3.8) is 0 Å². The molecular weight excluding hydrogens is 270 g/mol. The number of hydrogen-bond donors (Lipinski definition) is 2. The van der Waals surface area contributed by atoms with Gasteiger partial charge in [0.05, 0.1) is 24.5 Å². The molecule has 2 N–H and O–H groups in total. The van der Waals surface area contributed by atoms with Crippen LogP contribution in [-0.4, -0.2) is 36.9 Å². The van der Waals surface area contributed by atoms with Gasteiger partial charge in [-0.15, -0.1) is 0 Å². The van der Waals surface area contributed by atoms with Gasteiger partial charge in [0.1, 0.15) is 5.75 Å². The first kappa shape index (κ1) is 14.2. The van der Waals surface area contributed by atoms with Crippen molar-refractivity contribution in [2.45, 2.75) is 32.4 Å². The molecule has 1 aromatic rings. The van der Waals surface area contributed by atoms with Gasteiger partial charge in [-0.05, 0) is 24.6 Å². The van der Waals surface area contributed by atoms with Gasteiger partial charge in [0.15, 0.2) is 0 Å². The van der Waals surface area contributed by atoms with E-state index >= 15 is 0 Å². The third kappa shape index (κ3) is 2.16. The normalized spacial score (nSPS) is 29.4. The number of benzene rings is 1. The van der Waals surface area contributed by atoms with Crippen molar-refractivity contribution in [2.24, 2.45) is 11.3 Å². The molecule has 3 unspecified atom stereocenters. The lowest BCUT2D eigenvalue weighted by Crippen LogP contribution is -2.63. The minimum absolute atomic E-state index is 0.0331. The summed E-state index contributed by atoms with van der Waals surface area (Å²) >= 11 is 0. The molecule has 1 aliphatic heterocycles. The SMILES string of the molecule is COc1ccc(C(=O)O)cc1NC1C2CCOC2C1(C)C. The van der Waals surface area contributed by atoms with Gasteiger partial charge in [0, 0.05) is 24.0 Å². The fourth-order valence-corrected chi connectivity index (χ4v) is 3.74. The molecule has 0 amide bonds. The molecule has 0 radical (unpaired) electrons. The highest BCUT2D eigenvalue weighted by Crippen LogP contribution is 2.53. The summed E-state index contributed by atoms with van der Waals surface area (Å²) in [5.41, 5.74) is 1.03. The molecule has 5 nitrogen and oxygen atoms in total. The first-order valence-corrected chi connectivity index (χ1v) is 7.24. The van der Waals surface area contributed by atoms with Crippen LogP contribution >= 0.6 is 0 Å². The number of aromatic carboxylic acids is 1. The standard InChI is InChI=1S/C16H21NO4/c1-16(2)13(10-6-7-21-14(10)16)17-11-8-9(15(18)19)4-5-12(11)20-3/h4-5,8,10,13-14,17H,6-7H2,1-3H3,(H,18,19). The molecule has 2 fully saturated rings. The van der Waals surface area contributed by atoms with Crippen LogP contribution < -0.4 is 10.1 Å². The number of methoxy groups -OCH3 is 1. The second kappa shape index (κ2) is 4.91. The third-order valence-corrected chi connectivity index (χ3v) is 4.86. The van der Waals surface area contributed by atoms with E-state index in [9.17, 15) is 4.79 Å². The van der Waals surface area contributed by atoms with Crippen LogP contribution in [-0.2, 0) is 4.74 Å². The van der Waals surface area contributed by atoms with E-state index in [-0.39, 0.29) is 17.0 Å². The Labute approximate surface area is 124 Å². The largest absolute Gasteiger partial charge is 0.495 e. The Balaban J connectivity index is 1.87. The Bertz CT molecular complexity index is 569. The zero-order chi connectivity index (χ0) is 15.2. The van der Waals surface area contributed by atoms with Crippen molar-refractivity contribution in [1.29, 1.82) is 0 Å². The van der Waals surface area contributed by atoms with Crippen molar-refractivity contribution in [3.8, 4) is 5.75 Å². The van der Waals surface area contributed by atoms with Gasteiger partial charge in [-0.2, -0.15) is 0 Å². The first-order valence-electron chi connectivity index (χ1n) is 7.24. The number of carbonyl (C=O) groups is 1. The molecule has 0 aromatic heterocycles. The lowest BCUT2D eigenvalue weighted by molar-refractivity contribution is -0.0923. The smallest absolute Gasteiger partial charge is 0.335 e. The van der Waals surface area contributed by atoms with Crippen molar-refractivity contribution in [2.75, 3.05) is 19.0 Å². The molecule has 1 saturated carbocycles. The Kier molecular flexibility index (Phi) is 3.32. The summed E-state index contributed by atoms with van der Waals surface area (Å²) in [6, 6.07) is 5.16. The highest BCUT2D eigenvalue weighted by atomic mass is 16.5. The Morgan fingerprint density at radius 2 is 2.24 bits per heavy atom. The average molecular weight is 291 g/mol. The third-order valence-electron chi connectivity index (χ3n) is 4.86. The summed E-state index contributed by atoms with van der Waals surface area (Å²) in [6.45, 7) is 5.18. The van der Waals surface area contributed by atoms with Crippen LogP contribution in [0.2, 0.25) is 0 Å². The van der Waals surface area contributed by atoms with Gasteiger partial charge in [-0.1, -0.05) is 13.8 Å². The van der Waals surface area contributed by atoms with Gasteiger partial charge in [-0.25, -0.2) is 4.79 Å². The van der Waals surface area contributed by atoms with E-state index < -0.39 is 5.97 Å². The van der Waals surface area contributed by atoms with Crippen LogP contribution in [0.5, 0.6) is 5.75 Å². The van der Waals surface area contributed by atoms with Crippen LogP contribution in [0.1, 0.15) is 30.6 Å². The van der Waals surface area contributed by atoms with Crippen molar-refractivity contribution in [3.05, 3.63) is 23.8 Å². The Morgan fingerprint density at radius 1 is 1.48 bits per heavy atom. The lowest BCUT2D eigenvalue weighted by Gasteiger charge is -2.55. The monoisotopic (exact) mass is 291 g/mol. The van der Waals surface area contributed by atoms with Crippen LogP contribution in [0, 0.1) is 11.3 Å². The maximum atomic E-state index is 11.1. The van der Waals surface area contributed by atoms with E-state index in [4.69, 9.17) is 14.6 Å². The van der Waals surface area contributed by atoms with Gasteiger partial charge in [0.25, 0.3) is 0 Å². The molecule has 1 aliphatic carbocycles. The van der Waals surface area contributed by atoms with Crippen molar-refractivity contribution >= 4 is 11.7 Å². The Hall–Kier alpha value is -1.75. The first-order chi connectivity index (χ1) is 9.95. The fraction of sp³-hybridized carbons (Fsp3) is 0.562. The van der Waals surface area contributed by atoms with E-state index in [2.05, 4.69) is 19.2 Å².